The Morgan fingerprint density at radius 2 is 1.69 bits per heavy atom. The largest absolute Gasteiger partial charge is 0.368 e. The van der Waals surface area contributed by atoms with Crippen LogP contribution in [0.25, 0.3) is 0 Å². The van der Waals surface area contributed by atoms with Gasteiger partial charge in [0.05, 0.1) is 6.26 Å². The van der Waals surface area contributed by atoms with Crippen molar-refractivity contribution in [3.05, 3.63) is 29.8 Å². The van der Waals surface area contributed by atoms with Gasteiger partial charge in [0.1, 0.15) is 6.10 Å². The molecule has 2 aliphatic heterocycles. The summed E-state index contributed by atoms with van der Waals surface area (Å²) in [5, 5.41) is 0. The number of carbonyl (C=O) groups is 2. The van der Waals surface area contributed by atoms with E-state index < -0.39 is 10.0 Å². The van der Waals surface area contributed by atoms with Gasteiger partial charge in [-0.05, 0) is 37.1 Å². The first kappa shape index (κ1) is 18.7. The molecule has 142 valence electrons. The third kappa shape index (κ3) is 4.53. The van der Waals surface area contributed by atoms with Gasteiger partial charge in [0.2, 0.25) is 10.0 Å². The first-order valence-electron chi connectivity index (χ1n) is 8.61. The number of nitrogens with zero attached hydrogens (tertiary/aromatic N) is 2. The summed E-state index contributed by atoms with van der Waals surface area (Å²) in [6.45, 7) is 2.58. The van der Waals surface area contributed by atoms with Gasteiger partial charge in [0.25, 0.3) is 11.8 Å². The molecule has 8 nitrogen and oxygen atoms in total. The normalized spacial score (nSPS) is 20.9. The monoisotopic (exact) mass is 381 g/mol. The average molecular weight is 381 g/mol. The number of hydrogen-bond acceptors (Lipinski definition) is 5. The van der Waals surface area contributed by atoms with Gasteiger partial charge in [0.15, 0.2) is 0 Å². The Bertz CT molecular complexity index is 764. The Morgan fingerprint density at radius 3 is 2.23 bits per heavy atom. The molecule has 0 spiro atoms. The molecule has 1 aromatic rings. The van der Waals surface area contributed by atoms with Crippen molar-refractivity contribution >= 4 is 27.5 Å². The number of carbonyl (C=O) groups excluding carboxylic acids is 2. The molecule has 9 heteroatoms. The predicted octanol–water partition coefficient (Wildman–Crippen LogP) is 0.522. The molecule has 2 saturated heterocycles. The lowest BCUT2D eigenvalue weighted by Gasteiger charge is -2.35. The van der Waals surface area contributed by atoms with Crippen LogP contribution in [0.15, 0.2) is 24.3 Å². The van der Waals surface area contributed by atoms with Crippen molar-refractivity contribution < 1.29 is 22.7 Å². The summed E-state index contributed by atoms with van der Waals surface area (Å²) in [5.41, 5.74) is 0.902. The molecule has 2 amide bonds. The van der Waals surface area contributed by atoms with E-state index in [4.69, 9.17) is 4.74 Å². The molecule has 3 rings (SSSR count). The zero-order chi connectivity index (χ0) is 18.7. The number of anilines is 1. The van der Waals surface area contributed by atoms with Crippen LogP contribution in [0.2, 0.25) is 0 Å². The minimum atomic E-state index is -3.35. The quantitative estimate of drug-likeness (QED) is 0.820. The van der Waals surface area contributed by atoms with Crippen LogP contribution in [0.5, 0.6) is 0 Å². The second-order valence-electron chi connectivity index (χ2n) is 6.57. The van der Waals surface area contributed by atoms with Crippen molar-refractivity contribution in [3.8, 4) is 0 Å². The van der Waals surface area contributed by atoms with Crippen LogP contribution in [-0.4, -0.2) is 75.2 Å². The Balaban J connectivity index is 1.55. The van der Waals surface area contributed by atoms with E-state index in [2.05, 4.69) is 4.72 Å². The van der Waals surface area contributed by atoms with E-state index in [0.717, 1.165) is 19.1 Å². The Kier molecular flexibility index (Phi) is 5.47. The number of rotatable bonds is 4. The van der Waals surface area contributed by atoms with Gasteiger partial charge in [-0.2, -0.15) is 0 Å². The van der Waals surface area contributed by atoms with Gasteiger partial charge in [-0.1, -0.05) is 0 Å². The maximum atomic E-state index is 12.6. The van der Waals surface area contributed by atoms with E-state index in [9.17, 15) is 18.0 Å². The summed E-state index contributed by atoms with van der Waals surface area (Å²) in [4.78, 5) is 28.4. The highest BCUT2D eigenvalue weighted by Crippen LogP contribution is 2.17. The van der Waals surface area contributed by atoms with Gasteiger partial charge in [0, 0.05) is 44.0 Å². The fraction of sp³-hybridized carbons (Fsp3) is 0.529. The maximum Gasteiger partial charge on any atom is 0.253 e. The third-order valence-electron chi connectivity index (χ3n) is 4.52. The van der Waals surface area contributed by atoms with Crippen LogP contribution in [0.1, 0.15) is 23.2 Å². The minimum Gasteiger partial charge on any atom is -0.368 e. The van der Waals surface area contributed by atoms with Gasteiger partial charge in [-0.3, -0.25) is 14.3 Å². The molecular formula is C17H23N3O5S. The number of benzene rings is 1. The van der Waals surface area contributed by atoms with Gasteiger partial charge in [-0.25, -0.2) is 8.42 Å². The Labute approximate surface area is 153 Å². The zero-order valence-corrected chi connectivity index (χ0v) is 15.5. The lowest BCUT2D eigenvalue weighted by Crippen LogP contribution is -2.52. The van der Waals surface area contributed by atoms with Crippen molar-refractivity contribution in [1.29, 1.82) is 0 Å². The maximum absolute atomic E-state index is 12.6. The molecule has 0 radical (unpaired) electrons. The fourth-order valence-corrected chi connectivity index (χ4v) is 3.75. The Hall–Kier alpha value is -2.13. The second-order valence-corrected chi connectivity index (χ2v) is 8.32. The van der Waals surface area contributed by atoms with Crippen molar-refractivity contribution in [1.82, 2.24) is 9.80 Å². The number of piperazine rings is 1. The van der Waals surface area contributed by atoms with Crippen LogP contribution in [0, 0.1) is 0 Å². The number of hydrogen-bond donors (Lipinski definition) is 1. The van der Waals surface area contributed by atoms with Gasteiger partial charge in [-0.15, -0.1) is 0 Å². The molecule has 0 saturated carbocycles. The number of amides is 2. The molecule has 1 unspecified atom stereocenters. The summed E-state index contributed by atoms with van der Waals surface area (Å²) in [6.07, 6.45) is 2.43. The lowest BCUT2D eigenvalue weighted by molar-refractivity contribution is -0.142. The van der Waals surface area contributed by atoms with Crippen molar-refractivity contribution in [2.75, 3.05) is 43.8 Å². The molecule has 2 fully saturated rings. The highest BCUT2D eigenvalue weighted by atomic mass is 32.2. The summed E-state index contributed by atoms with van der Waals surface area (Å²) in [7, 11) is -3.35. The van der Waals surface area contributed by atoms with Crippen LogP contribution in [0.3, 0.4) is 0 Å². The van der Waals surface area contributed by atoms with Gasteiger partial charge >= 0.3 is 0 Å². The SMILES string of the molecule is CS(=O)(=O)Nc1ccc(C(=O)N2CCN(C(=O)C3CCCO3)CC2)cc1. The van der Waals surface area contributed by atoms with Crippen LogP contribution in [0.4, 0.5) is 5.69 Å². The van der Waals surface area contributed by atoms with E-state index in [1.54, 1.807) is 34.1 Å². The van der Waals surface area contributed by atoms with Crippen molar-refractivity contribution in [3.63, 3.8) is 0 Å². The van der Waals surface area contributed by atoms with Crippen molar-refractivity contribution in [2.24, 2.45) is 0 Å². The lowest BCUT2D eigenvalue weighted by atomic mass is 10.1. The van der Waals surface area contributed by atoms with Crippen molar-refractivity contribution in [2.45, 2.75) is 18.9 Å². The summed E-state index contributed by atoms with van der Waals surface area (Å²) in [6, 6.07) is 6.32. The molecule has 26 heavy (non-hydrogen) atoms. The van der Waals surface area contributed by atoms with E-state index in [0.29, 0.717) is 44.0 Å². The van der Waals surface area contributed by atoms with Gasteiger partial charge < -0.3 is 14.5 Å². The fourth-order valence-electron chi connectivity index (χ4n) is 3.18. The van der Waals surface area contributed by atoms with Crippen LogP contribution in [-0.2, 0) is 19.6 Å². The Morgan fingerprint density at radius 1 is 1.08 bits per heavy atom. The number of sulfonamides is 1. The molecule has 0 aliphatic carbocycles. The summed E-state index contributed by atoms with van der Waals surface area (Å²) < 4.78 is 30.2. The summed E-state index contributed by atoms with van der Waals surface area (Å²) >= 11 is 0. The standard InChI is InChI=1S/C17H23N3O5S/c1-26(23,24)18-14-6-4-13(5-7-14)16(21)19-8-10-20(11-9-19)17(22)15-3-2-12-25-15/h4-7,15,18H,2-3,8-12H2,1H3. The molecular weight excluding hydrogens is 358 g/mol. The molecule has 1 aromatic carbocycles. The molecule has 0 aromatic heterocycles. The van der Waals surface area contributed by atoms with E-state index in [1.165, 1.54) is 0 Å². The average Bonchev–Trinajstić information content (AvgIpc) is 3.14. The van der Waals surface area contributed by atoms with E-state index in [-0.39, 0.29) is 17.9 Å². The molecule has 0 bridgehead atoms. The smallest absolute Gasteiger partial charge is 0.253 e. The number of nitrogens with one attached hydrogen (secondary N) is 1. The topological polar surface area (TPSA) is 96.0 Å². The molecule has 2 aliphatic rings. The third-order valence-corrected chi connectivity index (χ3v) is 5.13. The minimum absolute atomic E-state index is 0.0193. The second kappa shape index (κ2) is 7.63. The highest BCUT2D eigenvalue weighted by Gasteiger charge is 2.31. The molecule has 1 N–H and O–H groups in total. The van der Waals surface area contributed by atoms with E-state index >= 15 is 0 Å². The first-order chi connectivity index (χ1) is 12.3. The first-order valence-corrected chi connectivity index (χ1v) is 10.5. The van der Waals surface area contributed by atoms with E-state index in [1.807, 2.05) is 0 Å². The predicted molar refractivity (Wildman–Crippen MR) is 96.4 cm³/mol. The van der Waals surface area contributed by atoms with Crippen LogP contribution >= 0.6 is 0 Å². The van der Waals surface area contributed by atoms with Crippen LogP contribution < -0.4 is 4.72 Å². The zero-order valence-electron chi connectivity index (χ0n) is 14.7. The number of ether oxygens (including phenoxy) is 1. The molecule has 1 atom stereocenters. The highest BCUT2D eigenvalue weighted by molar-refractivity contribution is 7.92. The molecule has 2 heterocycles. The summed E-state index contributed by atoms with van der Waals surface area (Å²) in [5.74, 6) is -0.106.